The van der Waals surface area contributed by atoms with Gasteiger partial charge in [-0.25, -0.2) is 13.2 Å². The molecule has 0 radical (unpaired) electrons. The van der Waals surface area contributed by atoms with Crippen LogP contribution in [0.2, 0.25) is 0 Å². The van der Waals surface area contributed by atoms with Gasteiger partial charge in [-0.15, -0.1) is 0 Å². The second-order valence-corrected chi connectivity index (χ2v) is 9.21. The third kappa shape index (κ3) is 5.07. The van der Waals surface area contributed by atoms with Crippen LogP contribution in [0.3, 0.4) is 0 Å². The van der Waals surface area contributed by atoms with Gasteiger partial charge in [0.25, 0.3) is 0 Å². The van der Waals surface area contributed by atoms with Gasteiger partial charge in [-0.1, -0.05) is 31.5 Å². The summed E-state index contributed by atoms with van der Waals surface area (Å²) < 4.78 is 31.8. The summed E-state index contributed by atoms with van der Waals surface area (Å²) in [6.45, 7) is 6.01. The van der Waals surface area contributed by atoms with E-state index in [9.17, 15) is 18.0 Å². The highest BCUT2D eigenvalue weighted by atomic mass is 32.2. The van der Waals surface area contributed by atoms with Crippen LogP contribution in [0.25, 0.3) is 0 Å². The molecule has 2 rings (SSSR count). The normalized spacial score (nSPS) is 19.5. The molecule has 0 bridgehead atoms. The number of carbonyl (C=O) groups excluding carboxylic acids is 2. The van der Waals surface area contributed by atoms with E-state index in [-0.39, 0.29) is 23.3 Å². The van der Waals surface area contributed by atoms with E-state index in [1.54, 1.807) is 24.3 Å². The number of sulfonamides is 1. The summed E-state index contributed by atoms with van der Waals surface area (Å²) in [4.78, 5) is 24.7. The molecule has 0 spiro atoms. The highest BCUT2D eigenvalue weighted by Crippen LogP contribution is 2.24. The summed E-state index contributed by atoms with van der Waals surface area (Å²) in [6, 6.07) is 5.93. The van der Waals surface area contributed by atoms with Gasteiger partial charge < -0.3 is 10.1 Å². The van der Waals surface area contributed by atoms with Gasteiger partial charge >= 0.3 is 5.97 Å². The molecular formula is C19H28N2O5S. The van der Waals surface area contributed by atoms with Crippen LogP contribution in [-0.2, 0) is 24.3 Å². The molecule has 0 aromatic heterocycles. The van der Waals surface area contributed by atoms with Crippen molar-refractivity contribution < 1.29 is 22.7 Å². The van der Waals surface area contributed by atoms with Crippen molar-refractivity contribution in [2.24, 2.45) is 11.8 Å². The number of nitrogens with zero attached hydrogens (tertiary/aromatic N) is 1. The zero-order valence-electron chi connectivity index (χ0n) is 16.3. The Labute approximate surface area is 161 Å². The number of benzene rings is 1. The molecule has 1 aliphatic heterocycles. The number of esters is 1. The third-order valence-corrected chi connectivity index (χ3v) is 6.71. The Kier molecular flexibility index (Phi) is 7.00. The molecule has 150 valence electrons. The van der Waals surface area contributed by atoms with E-state index < -0.39 is 28.0 Å². The maximum atomic E-state index is 12.9. The number of methoxy groups -OCH3 is 1. The molecule has 1 N–H and O–H groups in total. The van der Waals surface area contributed by atoms with E-state index in [0.717, 1.165) is 5.56 Å². The minimum Gasteiger partial charge on any atom is -0.467 e. The van der Waals surface area contributed by atoms with Gasteiger partial charge in [-0.05, 0) is 37.8 Å². The van der Waals surface area contributed by atoms with Crippen molar-refractivity contribution in [2.45, 2.75) is 44.6 Å². The predicted molar refractivity (Wildman–Crippen MR) is 101 cm³/mol. The summed E-state index contributed by atoms with van der Waals surface area (Å²) in [6.07, 6.45) is 1.17. The summed E-state index contributed by atoms with van der Waals surface area (Å²) in [5.74, 6) is -1.44. The van der Waals surface area contributed by atoms with E-state index >= 15 is 0 Å². The molecule has 1 heterocycles. The molecular weight excluding hydrogens is 368 g/mol. The highest BCUT2D eigenvalue weighted by Gasteiger charge is 2.35. The van der Waals surface area contributed by atoms with E-state index in [0.29, 0.717) is 19.4 Å². The molecule has 7 nitrogen and oxygen atoms in total. The lowest BCUT2D eigenvalue weighted by atomic mass is 9.97. The van der Waals surface area contributed by atoms with Gasteiger partial charge in [0.2, 0.25) is 15.9 Å². The minimum atomic E-state index is -3.65. The Morgan fingerprint density at radius 1 is 1.22 bits per heavy atom. The maximum Gasteiger partial charge on any atom is 0.328 e. The van der Waals surface area contributed by atoms with Gasteiger partial charge in [-0.3, -0.25) is 4.79 Å². The number of hydrogen-bond donors (Lipinski definition) is 1. The van der Waals surface area contributed by atoms with Crippen molar-refractivity contribution in [3.05, 3.63) is 29.8 Å². The average molecular weight is 397 g/mol. The molecule has 2 atom stereocenters. The van der Waals surface area contributed by atoms with Gasteiger partial charge in [0.1, 0.15) is 6.04 Å². The number of nitrogens with one attached hydrogen (secondary N) is 1. The fraction of sp³-hybridized carbons (Fsp3) is 0.579. The number of piperidine rings is 1. The molecule has 1 saturated heterocycles. The number of ether oxygens (including phenoxy) is 1. The summed E-state index contributed by atoms with van der Waals surface area (Å²) >= 11 is 0. The lowest BCUT2D eigenvalue weighted by Crippen LogP contribution is -2.51. The van der Waals surface area contributed by atoms with E-state index in [1.165, 1.54) is 11.4 Å². The smallest absolute Gasteiger partial charge is 0.328 e. The molecule has 1 aliphatic rings. The Balaban J connectivity index is 2.11. The fourth-order valence-corrected chi connectivity index (χ4v) is 4.65. The number of aryl methyl sites for hydroxylation is 1. The van der Waals surface area contributed by atoms with Gasteiger partial charge in [0, 0.05) is 13.1 Å². The van der Waals surface area contributed by atoms with Crippen molar-refractivity contribution in [3.63, 3.8) is 0 Å². The Morgan fingerprint density at radius 2 is 1.85 bits per heavy atom. The summed E-state index contributed by atoms with van der Waals surface area (Å²) in [5, 5.41) is 2.72. The Bertz CT molecular complexity index is 774. The molecule has 1 amide bonds. The van der Waals surface area contributed by atoms with E-state index in [1.807, 2.05) is 20.8 Å². The highest BCUT2D eigenvalue weighted by molar-refractivity contribution is 7.89. The second kappa shape index (κ2) is 8.84. The number of amides is 1. The Hall–Kier alpha value is -1.93. The largest absolute Gasteiger partial charge is 0.467 e. The molecule has 0 saturated carbocycles. The first-order valence-corrected chi connectivity index (χ1v) is 10.6. The topological polar surface area (TPSA) is 92.8 Å². The van der Waals surface area contributed by atoms with Crippen molar-refractivity contribution in [1.29, 1.82) is 0 Å². The quantitative estimate of drug-likeness (QED) is 0.739. The van der Waals surface area contributed by atoms with E-state index in [2.05, 4.69) is 5.32 Å². The van der Waals surface area contributed by atoms with Crippen molar-refractivity contribution >= 4 is 21.9 Å². The minimum absolute atomic E-state index is 0.105. The Morgan fingerprint density at radius 3 is 2.41 bits per heavy atom. The van der Waals surface area contributed by atoms with Crippen LogP contribution in [0.15, 0.2) is 29.2 Å². The second-order valence-electron chi connectivity index (χ2n) is 7.27. The summed E-state index contributed by atoms with van der Waals surface area (Å²) in [5.41, 5.74) is 0.979. The molecule has 1 fully saturated rings. The predicted octanol–water partition coefficient (Wildman–Crippen LogP) is 1.71. The van der Waals surface area contributed by atoms with Crippen molar-refractivity contribution in [2.75, 3.05) is 20.2 Å². The van der Waals surface area contributed by atoms with Gasteiger partial charge in [0.05, 0.1) is 17.9 Å². The lowest BCUT2D eigenvalue weighted by molar-refractivity contribution is -0.147. The van der Waals surface area contributed by atoms with Crippen LogP contribution in [0, 0.1) is 18.8 Å². The van der Waals surface area contributed by atoms with Crippen LogP contribution in [0.4, 0.5) is 0 Å². The van der Waals surface area contributed by atoms with Gasteiger partial charge in [-0.2, -0.15) is 4.31 Å². The van der Waals surface area contributed by atoms with Crippen LogP contribution >= 0.6 is 0 Å². The molecule has 8 heteroatoms. The standard InChI is InChI=1S/C19H28N2O5S/c1-13(2)17(19(23)26-4)20-18(22)15-6-5-11-21(12-15)27(24,25)16-9-7-14(3)8-10-16/h7-10,13,15,17H,5-6,11-12H2,1-4H3,(H,20,22). The van der Waals surface area contributed by atoms with E-state index in [4.69, 9.17) is 4.74 Å². The first-order valence-electron chi connectivity index (χ1n) is 9.12. The lowest BCUT2D eigenvalue weighted by Gasteiger charge is -2.32. The summed E-state index contributed by atoms with van der Waals surface area (Å²) in [7, 11) is -2.37. The van der Waals surface area contributed by atoms with Crippen molar-refractivity contribution in [3.8, 4) is 0 Å². The zero-order valence-corrected chi connectivity index (χ0v) is 17.1. The first kappa shape index (κ1) is 21.4. The van der Waals surface area contributed by atoms with Crippen molar-refractivity contribution in [1.82, 2.24) is 9.62 Å². The SMILES string of the molecule is COC(=O)C(NC(=O)C1CCCN(S(=O)(=O)c2ccc(C)cc2)C1)C(C)C. The first-order chi connectivity index (χ1) is 12.7. The number of carbonyl (C=O) groups is 2. The maximum absolute atomic E-state index is 12.9. The average Bonchev–Trinajstić information content (AvgIpc) is 2.65. The molecule has 1 aromatic carbocycles. The van der Waals surface area contributed by atoms with Gasteiger partial charge in [0.15, 0.2) is 0 Å². The monoisotopic (exact) mass is 396 g/mol. The van der Waals surface area contributed by atoms with Crippen LogP contribution in [0.1, 0.15) is 32.3 Å². The van der Waals surface area contributed by atoms with Crippen LogP contribution in [0.5, 0.6) is 0 Å². The molecule has 1 aromatic rings. The molecule has 2 unspecified atom stereocenters. The molecule has 0 aliphatic carbocycles. The fourth-order valence-electron chi connectivity index (χ4n) is 3.13. The third-order valence-electron chi connectivity index (χ3n) is 4.83. The number of rotatable bonds is 6. The zero-order chi connectivity index (χ0) is 20.2. The molecule has 27 heavy (non-hydrogen) atoms. The van der Waals surface area contributed by atoms with Crippen LogP contribution in [-0.4, -0.2) is 50.8 Å². The van der Waals surface area contributed by atoms with Crippen LogP contribution < -0.4 is 5.32 Å². The number of hydrogen-bond acceptors (Lipinski definition) is 5.